The smallest absolute Gasteiger partial charge is 0.411 e. The van der Waals surface area contributed by atoms with Crippen molar-refractivity contribution in [3.05, 3.63) is 66.0 Å². The second-order valence-corrected chi connectivity index (χ2v) is 5.63. The molecule has 2 aromatic rings. The van der Waals surface area contributed by atoms with E-state index in [1.807, 2.05) is 36.1 Å². The van der Waals surface area contributed by atoms with Crippen LogP contribution in [0.1, 0.15) is 11.1 Å². The van der Waals surface area contributed by atoms with Crippen LogP contribution >= 0.6 is 0 Å². The van der Waals surface area contributed by atoms with Crippen molar-refractivity contribution in [2.75, 3.05) is 29.6 Å². The number of nitrogens with zero attached hydrogens (tertiary/aromatic N) is 1. The third-order valence-corrected chi connectivity index (χ3v) is 3.77. The molecule has 0 aromatic heterocycles. The maximum absolute atomic E-state index is 14.8. The molecule has 0 unspecified atom stereocenters. The van der Waals surface area contributed by atoms with Gasteiger partial charge in [0, 0.05) is 13.1 Å². The van der Waals surface area contributed by atoms with Crippen LogP contribution in [-0.4, -0.2) is 19.7 Å². The van der Waals surface area contributed by atoms with Gasteiger partial charge in [-0.25, -0.2) is 9.18 Å². The highest BCUT2D eigenvalue weighted by molar-refractivity contribution is 5.90. The third-order valence-electron chi connectivity index (χ3n) is 3.77. The molecule has 5 nitrogen and oxygen atoms in total. The lowest BCUT2D eigenvalue weighted by molar-refractivity contribution is 0.187. The minimum atomic E-state index is -0.707. The van der Waals surface area contributed by atoms with Gasteiger partial charge in [0.1, 0.15) is 0 Å². The van der Waals surface area contributed by atoms with Crippen molar-refractivity contribution in [3.63, 3.8) is 0 Å². The number of amides is 1. The summed E-state index contributed by atoms with van der Waals surface area (Å²) in [4.78, 5) is 13.1. The molecule has 0 saturated heterocycles. The number of halogens is 1. The zero-order chi connectivity index (χ0) is 18.4. The maximum atomic E-state index is 14.8. The fourth-order valence-electron chi connectivity index (χ4n) is 2.41. The lowest BCUT2D eigenvalue weighted by Crippen LogP contribution is -2.24. The van der Waals surface area contributed by atoms with Gasteiger partial charge in [0.05, 0.1) is 24.2 Å². The predicted molar refractivity (Wildman–Crippen MR) is 99.3 cm³/mol. The molecule has 2 rings (SSSR count). The number of hydrogen-bond acceptors (Lipinski definition) is 4. The van der Waals surface area contributed by atoms with Gasteiger partial charge in [0.2, 0.25) is 0 Å². The van der Waals surface area contributed by atoms with E-state index in [1.165, 1.54) is 7.11 Å². The van der Waals surface area contributed by atoms with E-state index in [-0.39, 0.29) is 11.4 Å². The highest BCUT2D eigenvalue weighted by Crippen LogP contribution is 2.31. The van der Waals surface area contributed by atoms with Gasteiger partial charge < -0.3 is 15.4 Å². The van der Waals surface area contributed by atoms with E-state index >= 15 is 0 Å². The summed E-state index contributed by atoms with van der Waals surface area (Å²) in [5, 5.41) is 2.39. The number of methoxy groups -OCH3 is 1. The molecule has 0 heterocycles. The van der Waals surface area contributed by atoms with Gasteiger partial charge in [-0.3, -0.25) is 5.32 Å². The Morgan fingerprint density at radius 3 is 2.60 bits per heavy atom. The van der Waals surface area contributed by atoms with Crippen LogP contribution in [0, 0.1) is 12.7 Å². The first kappa shape index (κ1) is 18.3. The quantitative estimate of drug-likeness (QED) is 0.612. The molecule has 0 spiro atoms. The number of ether oxygens (including phenoxy) is 1. The Hall–Kier alpha value is -3.02. The largest absolute Gasteiger partial charge is 0.453 e. The van der Waals surface area contributed by atoms with Crippen molar-refractivity contribution in [2.24, 2.45) is 0 Å². The monoisotopic (exact) mass is 343 g/mol. The van der Waals surface area contributed by atoms with E-state index in [1.54, 1.807) is 18.2 Å². The highest BCUT2D eigenvalue weighted by atomic mass is 19.1. The van der Waals surface area contributed by atoms with Crippen LogP contribution in [0.5, 0.6) is 0 Å². The second kappa shape index (κ2) is 8.19. The Bertz CT molecular complexity index is 760. The van der Waals surface area contributed by atoms with Crippen LogP contribution < -0.4 is 16.0 Å². The molecule has 2 aromatic carbocycles. The van der Waals surface area contributed by atoms with Crippen LogP contribution in [0.15, 0.2) is 49.1 Å². The molecule has 1 amide bonds. The number of anilines is 3. The standard InChI is InChI=1S/C19H22FN3O2/c1-4-11-23(12-14-7-5-13(2)6-8-14)16-10-9-15(18(21)17(16)20)22-19(24)25-3/h4-10H,1,11-12,21H2,2-3H3,(H,22,24). The molecule has 6 heteroatoms. The number of nitrogens with one attached hydrogen (secondary N) is 1. The van der Waals surface area contributed by atoms with Crippen molar-refractivity contribution < 1.29 is 13.9 Å². The lowest BCUT2D eigenvalue weighted by Gasteiger charge is -2.25. The average molecular weight is 343 g/mol. The second-order valence-electron chi connectivity index (χ2n) is 5.63. The van der Waals surface area contributed by atoms with Gasteiger partial charge in [-0.05, 0) is 24.6 Å². The topological polar surface area (TPSA) is 67.6 Å². The summed E-state index contributed by atoms with van der Waals surface area (Å²) in [5.41, 5.74) is 8.41. The summed E-state index contributed by atoms with van der Waals surface area (Å²) in [6.45, 7) is 6.70. The van der Waals surface area contributed by atoms with E-state index in [9.17, 15) is 9.18 Å². The van der Waals surface area contributed by atoms with E-state index in [0.29, 0.717) is 18.8 Å². The molecule has 0 aliphatic rings. The molecular formula is C19H22FN3O2. The first-order valence-corrected chi connectivity index (χ1v) is 7.80. The first-order chi connectivity index (χ1) is 12.0. The number of nitrogen functional groups attached to an aromatic ring is 1. The third kappa shape index (κ3) is 4.50. The van der Waals surface area contributed by atoms with Crippen LogP contribution in [0.3, 0.4) is 0 Å². The average Bonchev–Trinajstić information content (AvgIpc) is 2.60. The van der Waals surface area contributed by atoms with E-state index in [4.69, 9.17) is 5.73 Å². The van der Waals surface area contributed by atoms with Gasteiger partial charge >= 0.3 is 6.09 Å². The number of benzene rings is 2. The van der Waals surface area contributed by atoms with Crippen LogP contribution in [0.2, 0.25) is 0 Å². The molecule has 0 fully saturated rings. The van der Waals surface area contributed by atoms with Gasteiger partial charge in [0.15, 0.2) is 5.82 Å². The molecule has 0 aliphatic heterocycles. The van der Waals surface area contributed by atoms with Crippen LogP contribution in [-0.2, 0) is 11.3 Å². The minimum absolute atomic E-state index is 0.138. The predicted octanol–water partition coefficient (Wildman–Crippen LogP) is 4.09. The van der Waals surface area contributed by atoms with E-state index in [0.717, 1.165) is 11.1 Å². The molecule has 3 N–H and O–H groups in total. The van der Waals surface area contributed by atoms with Crippen LogP contribution in [0.4, 0.5) is 26.2 Å². The Kier molecular flexibility index (Phi) is 6.00. The first-order valence-electron chi connectivity index (χ1n) is 7.80. The van der Waals surface area contributed by atoms with E-state index < -0.39 is 11.9 Å². The summed E-state index contributed by atoms with van der Waals surface area (Å²) in [6, 6.07) is 11.1. The van der Waals surface area contributed by atoms with Crippen molar-refractivity contribution in [2.45, 2.75) is 13.5 Å². The molecule has 0 bridgehead atoms. The van der Waals surface area contributed by atoms with Gasteiger partial charge in [0.25, 0.3) is 0 Å². The van der Waals surface area contributed by atoms with Gasteiger partial charge in [-0.15, -0.1) is 6.58 Å². The zero-order valence-corrected chi connectivity index (χ0v) is 14.4. The van der Waals surface area contributed by atoms with Crippen molar-refractivity contribution in [1.82, 2.24) is 0 Å². The molecule has 0 aliphatic carbocycles. The Balaban J connectivity index is 2.31. The van der Waals surface area contributed by atoms with Gasteiger partial charge in [-0.1, -0.05) is 35.9 Å². The summed E-state index contributed by atoms with van der Waals surface area (Å²) >= 11 is 0. The molecule has 132 valence electrons. The Morgan fingerprint density at radius 2 is 2.00 bits per heavy atom. The lowest BCUT2D eigenvalue weighted by atomic mass is 10.1. The van der Waals surface area contributed by atoms with Crippen LogP contribution in [0.25, 0.3) is 0 Å². The van der Waals surface area contributed by atoms with Crippen molar-refractivity contribution in [3.8, 4) is 0 Å². The number of aryl methyl sites for hydroxylation is 1. The fourth-order valence-corrected chi connectivity index (χ4v) is 2.41. The summed E-state index contributed by atoms with van der Waals surface area (Å²) in [7, 11) is 1.23. The van der Waals surface area contributed by atoms with E-state index in [2.05, 4.69) is 16.6 Å². The number of carbonyl (C=O) groups excluding carboxylic acids is 1. The number of rotatable bonds is 6. The maximum Gasteiger partial charge on any atom is 0.411 e. The summed E-state index contributed by atoms with van der Waals surface area (Å²) < 4.78 is 19.3. The molecule has 0 radical (unpaired) electrons. The number of hydrogen-bond donors (Lipinski definition) is 2. The summed E-state index contributed by atoms with van der Waals surface area (Å²) in [6.07, 6.45) is 0.992. The molecular weight excluding hydrogens is 321 g/mol. The summed E-state index contributed by atoms with van der Waals surface area (Å²) in [5.74, 6) is -0.595. The van der Waals surface area contributed by atoms with Crippen molar-refractivity contribution in [1.29, 1.82) is 0 Å². The normalized spacial score (nSPS) is 10.2. The molecule has 0 atom stereocenters. The minimum Gasteiger partial charge on any atom is -0.453 e. The fraction of sp³-hybridized carbons (Fsp3) is 0.211. The SMILES string of the molecule is C=CCN(Cc1ccc(C)cc1)c1ccc(NC(=O)OC)c(N)c1F. The zero-order valence-electron chi connectivity index (χ0n) is 14.4. The number of carbonyl (C=O) groups is 1. The van der Waals surface area contributed by atoms with Crippen molar-refractivity contribution >= 4 is 23.2 Å². The Labute approximate surface area is 146 Å². The molecule has 0 saturated carbocycles. The molecule has 25 heavy (non-hydrogen) atoms. The Morgan fingerprint density at radius 1 is 1.32 bits per heavy atom. The van der Waals surface area contributed by atoms with Gasteiger partial charge in [-0.2, -0.15) is 0 Å². The highest BCUT2D eigenvalue weighted by Gasteiger charge is 2.17. The number of nitrogens with two attached hydrogens (primary N) is 1.